The quantitative estimate of drug-likeness (QED) is 0.328. The molecule has 2 aliphatic heterocycles. The van der Waals surface area contributed by atoms with Crippen molar-refractivity contribution in [3.63, 3.8) is 0 Å². The van der Waals surface area contributed by atoms with Crippen molar-refractivity contribution >= 4 is 22.8 Å². The summed E-state index contributed by atoms with van der Waals surface area (Å²) in [5, 5.41) is 22.0. The van der Waals surface area contributed by atoms with Crippen LogP contribution in [0.5, 0.6) is 5.75 Å². The number of fused-ring (bicyclic) bond motifs is 2. The maximum absolute atomic E-state index is 13.7. The highest BCUT2D eigenvalue weighted by Gasteiger charge is 2.47. The number of likely N-dealkylation sites (N-methyl/N-ethyl adjacent to an activating group) is 1. The van der Waals surface area contributed by atoms with Crippen LogP contribution in [0.4, 0.5) is 4.79 Å². The van der Waals surface area contributed by atoms with E-state index in [2.05, 4.69) is 22.2 Å². The molecule has 2 N–H and O–H groups in total. The predicted molar refractivity (Wildman–Crippen MR) is 163 cm³/mol. The van der Waals surface area contributed by atoms with E-state index in [0.29, 0.717) is 39.1 Å². The number of amides is 3. The number of benzene rings is 3. The Morgan fingerprint density at radius 2 is 1.84 bits per heavy atom. The average molecular weight is 578 g/mol. The fraction of sp³-hybridized carbons (Fsp3) is 0.303. The molecule has 3 heterocycles. The summed E-state index contributed by atoms with van der Waals surface area (Å²) in [6.07, 6.45) is 7.57. The van der Waals surface area contributed by atoms with Crippen LogP contribution >= 0.6 is 0 Å². The highest BCUT2D eigenvalue weighted by atomic mass is 16.3. The van der Waals surface area contributed by atoms with E-state index in [9.17, 15) is 14.7 Å². The summed E-state index contributed by atoms with van der Waals surface area (Å²) in [7, 11) is 1.78. The Morgan fingerprint density at radius 3 is 2.60 bits per heavy atom. The van der Waals surface area contributed by atoms with Crippen molar-refractivity contribution < 1.29 is 14.7 Å². The number of carbonyl (C=O) groups excluding carboxylic acids is 2. The Hall–Kier alpha value is -4.85. The molecule has 0 spiro atoms. The van der Waals surface area contributed by atoms with Crippen LogP contribution in [0.15, 0.2) is 79.0 Å². The number of carbonyl (C=O) groups is 2. The van der Waals surface area contributed by atoms with Gasteiger partial charge in [-0.05, 0) is 35.2 Å². The first kappa shape index (κ1) is 28.3. The predicted octanol–water partition coefficient (Wildman–Crippen LogP) is 3.03. The molecule has 3 aromatic carbocycles. The minimum absolute atomic E-state index is 0.0156. The van der Waals surface area contributed by atoms with Gasteiger partial charge in [0.05, 0.1) is 18.1 Å². The monoisotopic (exact) mass is 577 g/mol. The SMILES string of the molecule is C#CCn1cc2cccc(CN3C[C@H](Cc4ccc(O)cc4)N4C(=O)CN(C)N(C(=O)NCc5ccccc5)[C@H]4C3)c2n1. The number of hydrazine groups is 1. The zero-order valence-corrected chi connectivity index (χ0v) is 24.1. The second-order valence-electron chi connectivity index (χ2n) is 11.2. The fourth-order valence-electron chi connectivity index (χ4n) is 6.21. The molecule has 0 bridgehead atoms. The van der Waals surface area contributed by atoms with Crippen molar-refractivity contribution in [3.8, 4) is 18.1 Å². The van der Waals surface area contributed by atoms with Gasteiger partial charge in [0.25, 0.3) is 0 Å². The number of aromatic hydroxyl groups is 1. The van der Waals surface area contributed by atoms with Gasteiger partial charge in [-0.15, -0.1) is 6.42 Å². The first-order chi connectivity index (χ1) is 20.9. The number of hydrogen-bond acceptors (Lipinski definition) is 6. The molecule has 2 atom stereocenters. The molecule has 0 radical (unpaired) electrons. The van der Waals surface area contributed by atoms with E-state index in [1.54, 1.807) is 33.9 Å². The summed E-state index contributed by atoms with van der Waals surface area (Å²) in [5.41, 5.74) is 3.95. The van der Waals surface area contributed by atoms with Gasteiger partial charge in [0, 0.05) is 44.8 Å². The molecule has 220 valence electrons. The summed E-state index contributed by atoms with van der Waals surface area (Å²) in [6.45, 7) is 2.57. The lowest BCUT2D eigenvalue weighted by atomic mass is 9.99. The third-order valence-corrected chi connectivity index (χ3v) is 8.12. The molecular weight excluding hydrogens is 542 g/mol. The van der Waals surface area contributed by atoms with Gasteiger partial charge in [0.1, 0.15) is 18.5 Å². The summed E-state index contributed by atoms with van der Waals surface area (Å²) in [4.78, 5) is 31.5. The third-order valence-electron chi connectivity index (χ3n) is 8.12. The van der Waals surface area contributed by atoms with Crippen LogP contribution in [-0.2, 0) is 30.8 Å². The van der Waals surface area contributed by atoms with Crippen molar-refractivity contribution in [2.24, 2.45) is 0 Å². The molecule has 1 aromatic heterocycles. The highest BCUT2D eigenvalue weighted by Crippen LogP contribution is 2.29. The molecule has 2 aliphatic rings. The number of phenolic OH excluding ortho intramolecular Hbond substituents is 1. The minimum Gasteiger partial charge on any atom is -0.508 e. The average Bonchev–Trinajstić information content (AvgIpc) is 3.41. The summed E-state index contributed by atoms with van der Waals surface area (Å²) < 4.78 is 1.77. The van der Waals surface area contributed by atoms with Gasteiger partial charge in [0.15, 0.2) is 0 Å². The van der Waals surface area contributed by atoms with Crippen LogP contribution in [0.25, 0.3) is 10.9 Å². The highest BCUT2D eigenvalue weighted by molar-refractivity contribution is 5.83. The molecule has 2 fully saturated rings. The fourth-order valence-corrected chi connectivity index (χ4v) is 6.21. The van der Waals surface area contributed by atoms with Gasteiger partial charge >= 0.3 is 6.03 Å². The van der Waals surface area contributed by atoms with Crippen LogP contribution < -0.4 is 5.32 Å². The lowest BCUT2D eigenvalue weighted by Crippen LogP contribution is -2.74. The largest absolute Gasteiger partial charge is 0.508 e. The van der Waals surface area contributed by atoms with Crippen molar-refractivity contribution in [1.29, 1.82) is 0 Å². The molecule has 0 aliphatic carbocycles. The topological polar surface area (TPSA) is 97.2 Å². The van der Waals surface area contributed by atoms with Gasteiger partial charge < -0.3 is 15.3 Å². The molecule has 10 nitrogen and oxygen atoms in total. The Morgan fingerprint density at radius 1 is 1.05 bits per heavy atom. The molecule has 6 rings (SSSR count). The van der Waals surface area contributed by atoms with E-state index in [0.717, 1.165) is 27.6 Å². The van der Waals surface area contributed by atoms with Gasteiger partial charge in [0.2, 0.25) is 5.91 Å². The van der Waals surface area contributed by atoms with Crippen LogP contribution in [0, 0.1) is 12.3 Å². The zero-order valence-electron chi connectivity index (χ0n) is 24.1. The maximum atomic E-state index is 13.7. The first-order valence-electron chi connectivity index (χ1n) is 14.4. The van der Waals surface area contributed by atoms with E-state index in [1.165, 1.54) is 0 Å². The number of nitrogens with zero attached hydrogens (tertiary/aromatic N) is 6. The van der Waals surface area contributed by atoms with Gasteiger partial charge in [-0.3, -0.25) is 14.4 Å². The second kappa shape index (κ2) is 12.2. The Bertz CT molecular complexity index is 1650. The lowest BCUT2D eigenvalue weighted by Gasteiger charge is -2.55. The number of hydrogen-bond donors (Lipinski definition) is 2. The molecule has 2 saturated heterocycles. The number of rotatable bonds is 7. The van der Waals surface area contributed by atoms with E-state index in [4.69, 9.17) is 11.5 Å². The molecule has 0 unspecified atom stereocenters. The van der Waals surface area contributed by atoms with Crippen LogP contribution in [0.1, 0.15) is 16.7 Å². The van der Waals surface area contributed by atoms with Crippen molar-refractivity contribution in [3.05, 3.63) is 95.7 Å². The molecule has 3 amide bonds. The number of aromatic nitrogens is 2. The maximum Gasteiger partial charge on any atom is 0.334 e. The van der Waals surface area contributed by atoms with E-state index >= 15 is 0 Å². The van der Waals surface area contributed by atoms with Crippen LogP contribution in [-0.4, -0.2) is 85.5 Å². The summed E-state index contributed by atoms with van der Waals surface area (Å²) in [6, 6.07) is 22.5. The number of urea groups is 1. The standard InChI is InChI=1S/C33H35N7O3/c1-3-16-38-20-27-11-7-10-26(32(27)35-38)19-37-21-28(17-24-12-14-29(41)15-13-24)39-30(22-37)40(36(2)23-31(39)42)33(43)34-18-25-8-5-4-6-9-25/h1,4-15,20,28,30,41H,16-19,21-23H2,2H3,(H,34,43)/t28-,30-/m0/s1. The Balaban J connectivity index is 1.30. The number of phenols is 1. The van der Waals surface area contributed by atoms with Crippen molar-refractivity contribution in [2.75, 3.05) is 26.7 Å². The molecule has 43 heavy (non-hydrogen) atoms. The van der Waals surface area contributed by atoms with E-state index in [1.807, 2.05) is 65.7 Å². The molecule has 0 saturated carbocycles. The lowest BCUT2D eigenvalue weighted by molar-refractivity contribution is -0.180. The molecule has 4 aromatic rings. The van der Waals surface area contributed by atoms with E-state index in [-0.39, 0.29) is 30.3 Å². The Kier molecular flexibility index (Phi) is 8.01. The first-order valence-corrected chi connectivity index (χ1v) is 14.4. The second-order valence-corrected chi connectivity index (χ2v) is 11.2. The number of terminal acetylenes is 1. The zero-order chi connectivity index (χ0) is 29.9. The normalized spacial score (nSPS) is 19.3. The van der Waals surface area contributed by atoms with Gasteiger partial charge in [-0.1, -0.05) is 66.6 Å². The number of nitrogens with one attached hydrogen (secondary N) is 1. The molecule has 10 heteroatoms. The molecular formula is C33H35N7O3. The third kappa shape index (κ3) is 6.04. The smallest absolute Gasteiger partial charge is 0.334 e. The van der Waals surface area contributed by atoms with Crippen molar-refractivity contribution in [2.45, 2.75) is 38.3 Å². The van der Waals surface area contributed by atoms with Gasteiger partial charge in [-0.2, -0.15) is 5.10 Å². The van der Waals surface area contributed by atoms with E-state index < -0.39 is 6.17 Å². The van der Waals surface area contributed by atoms with Crippen molar-refractivity contribution in [1.82, 2.24) is 34.9 Å². The number of piperazine rings is 1. The van der Waals surface area contributed by atoms with Crippen LogP contribution in [0.3, 0.4) is 0 Å². The van der Waals surface area contributed by atoms with Crippen LogP contribution in [0.2, 0.25) is 0 Å². The summed E-state index contributed by atoms with van der Waals surface area (Å²) in [5.74, 6) is 2.82. The minimum atomic E-state index is -0.504. The Labute approximate surface area is 251 Å². The van der Waals surface area contributed by atoms with Gasteiger partial charge in [-0.25, -0.2) is 14.8 Å². The summed E-state index contributed by atoms with van der Waals surface area (Å²) >= 11 is 0.